The Bertz CT molecular complexity index is 1080. The molecule has 0 aliphatic heterocycles. The van der Waals surface area contributed by atoms with Crippen molar-refractivity contribution in [2.45, 2.75) is 12.3 Å². The minimum Gasteiger partial charge on any atom is -0.506 e. The third-order valence-corrected chi connectivity index (χ3v) is 4.32. The van der Waals surface area contributed by atoms with E-state index in [0.29, 0.717) is 16.5 Å². The fourth-order valence-corrected chi connectivity index (χ4v) is 3.12. The molecule has 2 aromatic heterocycles. The van der Waals surface area contributed by atoms with E-state index in [2.05, 4.69) is 14.7 Å². The molecule has 4 N–H and O–H groups in total. The number of fused-ring (bicyclic) bond motifs is 1. The Kier molecular flexibility index (Phi) is 4.89. The van der Waals surface area contributed by atoms with Crippen LogP contribution in [0.5, 0.6) is 5.75 Å². The molecule has 2 heterocycles. The van der Waals surface area contributed by atoms with Gasteiger partial charge in [-0.05, 0) is 17.7 Å². The molecule has 8 heteroatoms. The lowest BCUT2D eigenvalue weighted by molar-refractivity contribution is -0.118. The number of nitrogens with zero attached hydrogens (tertiary/aromatic N) is 1. The lowest BCUT2D eigenvalue weighted by Gasteiger charge is -2.19. The molecule has 3 rings (SSSR count). The van der Waals surface area contributed by atoms with E-state index >= 15 is 0 Å². The van der Waals surface area contributed by atoms with Crippen LogP contribution in [-0.2, 0) is 9.53 Å². The number of hydrogen-bond acceptors (Lipinski definition) is 6. The van der Waals surface area contributed by atoms with Gasteiger partial charge in [-0.15, -0.1) is 0 Å². The summed E-state index contributed by atoms with van der Waals surface area (Å²) < 4.78 is 4.63. The molecule has 0 saturated heterocycles. The minimum atomic E-state index is -0.872. The Morgan fingerprint density at radius 3 is 2.74 bits per heavy atom. The van der Waals surface area contributed by atoms with Crippen LogP contribution in [0.4, 0.5) is 0 Å². The number of nitrogens with one attached hydrogen (secondary N) is 1. The first kappa shape index (κ1) is 18.1. The lowest BCUT2D eigenvalue weighted by atomic mass is 9.86. The number of hydrogen-bond donors (Lipinski definition) is 3. The number of benzene rings is 1. The molecule has 1 aromatic carbocycles. The molecule has 1 atom stereocenters. The van der Waals surface area contributed by atoms with Crippen LogP contribution >= 0.6 is 0 Å². The van der Waals surface area contributed by atoms with Crippen LogP contribution in [-0.4, -0.2) is 34.1 Å². The summed E-state index contributed by atoms with van der Waals surface area (Å²) in [6, 6.07) is 8.84. The molecule has 0 spiro atoms. The van der Waals surface area contributed by atoms with E-state index in [1.165, 1.54) is 0 Å². The zero-order valence-corrected chi connectivity index (χ0v) is 14.4. The molecule has 1 amide bonds. The molecule has 0 aliphatic rings. The normalized spacial score (nSPS) is 11.9. The van der Waals surface area contributed by atoms with E-state index in [9.17, 15) is 19.5 Å². The van der Waals surface area contributed by atoms with E-state index in [0.717, 1.165) is 13.3 Å². The summed E-state index contributed by atoms with van der Waals surface area (Å²) in [4.78, 5) is 42.8. The number of carbonyl (C=O) groups excluding carboxylic acids is 2. The predicted octanol–water partition coefficient (Wildman–Crippen LogP) is 1.42. The van der Waals surface area contributed by atoms with Crippen molar-refractivity contribution in [1.29, 1.82) is 0 Å². The largest absolute Gasteiger partial charge is 0.506 e. The fraction of sp³-hybridized carbons (Fsp3) is 0.158. The highest BCUT2D eigenvalue weighted by atomic mass is 16.5. The number of amides is 1. The number of pyridine rings is 2. The quantitative estimate of drug-likeness (QED) is 0.584. The molecule has 0 fully saturated rings. The van der Waals surface area contributed by atoms with Gasteiger partial charge in [0.25, 0.3) is 5.56 Å². The summed E-state index contributed by atoms with van der Waals surface area (Å²) in [5.41, 5.74) is 5.67. The third kappa shape index (κ3) is 3.37. The smallest absolute Gasteiger partial charge is 0.343 e. The van der Waals surface area contributed by atoms with Gasteiger partial charge in [-0.2, -0.15) is 0 Å². The molecule has 0 saturated carbocycles. The Morgan fingerprint density at radius 1 is 1.30 bits per heavy atom. The van der Waals surface area contributed by atoms with Crippen LogP contribution in [0, 0.1) is 0 Å². The van der Waals surface area contributed by atoms with Crippen LogP contribution in [0.3, 0.4) is 0 Å². The Morgan fingerprint density at radius 2 is 2.04 bits per heavy atom. The number of aromatic amines is 1. The highest BCUT2D eigenvalue weighted by molar-refractivity contribution is 5.93. The number of H-pyrrole nitrogens is 1. The summed E-state index contributed by atoms with van der Waals surface area (Å²) in [7, 11) is 1.16. The molecule has 0 bridgehead atoms. The Labute approximate surface area is 153 Å². The van der Waals surface area contributed by atoms with Gasteiger partial charge in [-0.3, -0.25) is 14.6 Å². The lowest BCUT2D eigenvalue weighted by Crippen LogP contribution is -2.24. The Hall–Kier alpha value is -3.68. The topological polar surface area (TPSA) is 135 Å². The third-order valence-electron chi connectivity index (χ3n) is 4.32. The highest BCUT2D eigenvalue weighted by Gasteiger charge is 2.28. The van der Waals surface area contributed by atoms with Crippen molar-refractivity contribution >= 4 is 22.8 Å². The number of primary amides is 1. The van der Waals surface area contributed by atoms with E-state index in [4.69, 9.17) is 5.73 Å². The van der Waals surface area contributed by atoms with E-state index in [-0.39, 0.29) is 17.5 Å². The second-order valence-corrected chi connectivity index (χ2v) is 5.93. The van der Waals surface area contributed by atoms with Gasteiger partial charge in [-0.25, -0.2) is 4.79 Å². The summed E-state index contributed by atoms with van der Waals surface area (Å²) in [5, 5.41) is 11.3. The van der Waals surface area contributed by atoms with Gasteiger partial charge in [0.2, 0.25) is 5.91 Å². The first-order chi connectivity index (χ1) is 12.9. The molecular weight excluding hydrogens is 350 g/mol. The second kappa shape index (κ2) is 7.28. The first-order valence-corrected chi connectivity index (χ1v) is 8.08. The summed E-state index contributed by atoms with van der Waals surface area (Å²) in [6.45, 7) is 0. The maximum atomic E-state index is 12.5. The van der Waals surface area contributed by atoms with Gasteiger partial charge in [0.1, 0.15) is 11.3 Å². The SMILES string of the molecule is COC(=O)c1c[nH]c(=O)c([C@H](CC(N)=O)c2ccnc3ccccc23)c1O. The summed E-state index contributed by atoms with van der Waals surface area (Å²) in [6.07, 6.45) is 2.37. The van der Waals surface area contributed by atoms with Crippen LogP contribution < -0.4 is 11.3 Å². The first-order valence-electron chi connectivity index (χ1n) is 8.08. The van der Waals surface area contributed by atoms with Crippen molar-refractivity contribution in [1.82, 2.24) is 9.97 Å². The standard InChI is InChI=1S/C19H17N3O5/c1-27-19(26)13-9-22-18(25)16(17(13)24)12(8-15(20)23)10-6-7-21-14-5-3-2-4-11(10)14/h2-7,9,12H,8H2,1H3,(H2,20,23)(H2,22,24,25)/t12-/m1/s1. The van der Waals surface area contributed by atoms with Crippen molar-refractivity contribution < 1.29 is 19.4 Å². The average Bonchev–Trinajstić information content (AvgIpc) is 2.66. The predicted molar refractivity (Wildman–Crippen MR) is 97.5 cm³/mol. The summed E-state index contributed by atoms with van der Waals surface area (Å²) >= 11 is 0. The second-order valence-electron chi connectivity index (χ2n) is 5.93. The van der Waals surface area contributed by atoms with E-state index in [1.54, 1.807) is 30.5 Å². The maximum Gasteiger partial charge on any atom is 0.343 e. The maximum absolute atomic E-state index is 12.5. The van der Waals surface area contributed by atoms with Gasteiger partial charge < -0.3 is 20.6 Å². The molecule has 3 aromatic rings. The van der Waals surface area contributed by atoms with Crippen LogP contribution in [0.1, 0.15) is 33.8 Å². The zero-order chi connectivity index (χ0) is 19.6. The number of methoxy groups -OCH3 is 1. The van der Waals surface area contributed by atoms with Crippen molar-refractivity contribution in [2.24, 2.45) is 5.73 Å². The number of ether oxygens (including phenoxy) is 1. The summed E-state index contributed by atoms with van der Waals surface area (Å²) in [5.74, 6) is -2.90. The van der Waals surface area contributed by atoms with Crippen molar-refractivity contribution in [3.05, 3.63) is 69.8 Å². The Balaban J connectivity index is 2.30. The molecular formula is C19H17N3O5. The number of aromatic hydroxyl groups is 1. The van der Waals surface area contributed by atoms with Gasteiger partial charge in [-0.1, -0.05) is 18.2 Å². The van der Waals surface area contributed by atoms with Gasteiger partial charge in [0.15, 0.2) is 0 Å². The number of nitrogens with two attached hydrogens (primary N) is 1. The number of carbonyl (C=O) groups is 2. The van der Waals surface area contributed by atoms with Crippen LogP contribution in [0.25, 0.3) is 10.9 Å². The van der Waals surface area contributed by atoms with Crippen LogP contribution in [0.15, 0.2) is 47.5 Å². The van der Waals surface area contributed by atoms with Gasteiger partial charge in [0, 0.05) is 30.1 Å². The van der Waals surface area contributed by atoms with Crippen molar-refractivity contribution in [3.8, 4) is 5.75 Å². The van der Waals surface area contributed by atoms with Gasteiger partial charge in [0.05, 0.1) is 18.2 Å². The fourth-order valence-electron chi connectivity index (χ4n) is 3.12. The molecule has 0 aliphatic carbocycles. The highest BCUT2D eigenvalue weighted by Crippen LogP contribution is 2.36. The van der Waals surface area contributed by atoms with Crippen molar-refractivity contribution in [3.63, 3.8) is 0 Å². The number of rotatable bonds is 5. The molecule has 27 heavy (non-hydrogen) atoms. The molecule has 0 unspecified atom stereocenters. The van der Waals surface area contributed by atoms with Crippen LogP contribution in [0.2, 0.25) is 0 Å². The number of aromatic nitrogens is 2. The number of para-hydroxylation sites is 1. The average molecular weight is 367 g/mol. The van der Waals surface area contributed by atoms with E-state index in [1.807, 2.05) is 6.07 Å². The molecule has 8 nitrogen and oxygen atoms in total. The van der Waals surface area contributed by atoms with Crippen molar-refractivity contribution in [2.75, 3.05) is 7.11 Å². The monoisotopic (exact) mass is 367 g/mol. The zero-order valence-electron chi connectivity index (χ0n) is 14.4. The van der Waals surface area contributed by atoms with Gasteiger partial charge >= 0.3 is 5.97 Å². The molecule has 138 valence electrons. The van der Waals surface area contributed by atoms with E-state index < -0.39 is 29.1 Å². The number of esters is 1. The molecule has 0 radical (unpaired) electrons. The minimum absolute atomic E-state index is 0.131.